The van der Waals surface area contributed by atoms with E-state index < -0.39 is 0 Å². The second-order valence-electron chi connectivity index (χ2n) is 5.61. The molecule has 1 amide bonds. The van der Waals surface area contributed by atoms with Crippen LogP contribution in [0.2, 0.25) is 0 Å². The van der Waals surface area contributed by atoms with Gasteiger partial charge < -0.3 is 10.1 Å². The fourth-order valence-electron chi connectivity index (χ4n) is 2.61. The molecule has 9 nitrogen and oxygen atoms in total. The average Bonchev–Trinajstić information content (AvgIpc) is 3.27. The van der Waals surface area contributed by atoms with Crippen molar-refractivity contribution in [1.82, 2.24) is 29.6 Å². The largest absolute Gasteiger partial charge is 0.479 e. The highest BCUT2D eigenvalue weighted by atomic mass is 16.5. The molecule has 0 aliphatic carbocycles. The van der Waals surface area contributed by atoms with Gasteiger partial charge in [-0.05, 0) is 24.3 Å². The van der Waals surface area contributed by atoms with Gasteiger partial charge in [-0.15, -0.1) is 15.3 Å². The minimum atomic E-state index is -0.297. The van der Waals surface area contributed by atoms with E-state index in [9.17, 15) is 4.79 Å². The number of aryl methyl sites for hydroxylation is 1. The van der Waals surface area contributed by atoms with Crippen LogP contribution < -0.4 is 10.1 Å². The zero-order chi connectivity index (χ0) is 18.1. The van der Waals surface area contributed by atoms with Crippen molar-refractivity contribution in [2.24, 2.45) is 7.05 Å². The first kappa shape index (κ1) is 15.8. The Labute approximate surface area is 148 Å². The second-order valence-corrected chi connectivity index (χ2v) is 5.61. The smallest absolute Gasteiger partial charge is 0.262 e. The zero-order valence-electron chi connectivity index (χ0n) is 14.1. The van der Waals surface area contributed by atoms with E-state index in [1.807, 2.05) is 36.4 Å². The summed E-state index contributed by atoms with van der Waals surface area (Å²) < 4.78 is 8.26. The van der Waals surface area contributed by atoms with Crippen molar-refractivity contribution in [3.63, 3.8) is 0 Å². The summed E-state index contributed by atoms with van der Waals surface area (Å²) in [5.74, 6) is -0.0183. The van der Waals surface area contributed by atoms with Crippen molar-refractivity contribution in [3.8, 4) is 17.1 Å². The van der Waals surface area contributed by atoms with Crippen molar-refractivity contribution in [3.05, 3.63) is 54.5 Å². The van der Waals surface area contributed by atoms with E-state index in [0.29, 0.717) is 16.9 Å². The number of hydrogen-bond acceptors (Lipinski definition) is 6. The predicted molar refractivity (Wildman–Crippen MR) is 93.9 cm³/mol. The van der Waals surface area contributed by atoms with Gasteiger partial charge in [-0.2, -0.15) is 9.61 Å². The Hall–Kier alpha value is -3.75. The highest BCUT2D eigenvalue weighted by Crippen LogP contribution is 2.22. The van der Waals surface area contributed by atoms with Gasteiger partial charge in [-0.1, -0.05) is 12.1 Å². The number of methoxy groups -OCH3 is 1. The SMILES string of the molecule is COc1nn(C)cc1C(=O)Nc1cccc(-c2ccc3nncn3n2)c1. The van der Waals surface area contributed by atoms with Crippen molar-refractivity contribution >= 4 is 17.2 Å². The Bertz CT molecular complexity index is 1100. The van der Waals surface area contributed by atoms with Crippen LogP contribution in [-0.2, 0) is 7.05 Å². The van der Waals surface area contributed by atoms with Gasteiger partial charge in [0.1, 0.15) is 11.9 Å². The van der Waals surface area contributed by atoms with E-state index in [1.165, 1.54) is 11.8 Å². The maximum absolute atomic E-state index is 12.5. The van der Waals surface area contributed by atoms with E-state index in [1.54, 1.807) is 24.1 Å². The average molecular weight is 349 g/mol. The molecule has 0 fully saturated rings. The van der Waals surface area contributed by atoms with Crippen molar-refractivity contribution in [2.75, 3.05) is 12.4 Å². The number of ether oxygens (including phenoxy) is 1. The maximum atomic E-state index is 12.5. The number of nitrogens with zero attached hydrogens (tertiary/aromatic N) is 6. The van der Waals surface area contributed by atoms with Crippen molar-refractivity contribution in [1.29, 1.82) is 0 Å². The molecular weight excluding hydrogens is 334 g/mol. The normalized spacial score (nSPS) is 10.8. The molecule has 1 N–H and O–H groups in total. The van der Waals surface area contributed by atoms with Crippen LogP contribution in [0.1, 0.15) is 10.4 Å². The Morgan fingerprint density at radius 3 is 2.92 bits per heavy atom. The molecule has 130 valence electrons. The number of carbonyl (C=O) groups excluding carboxylic acids is 1. The second kappa shape index (κ2) is 6.28. The highest BCUT2D eigenvalue weighted by molar-refractivity contribution is 6.05. The van der Waals surface area contributed by atoms with Crippen LogP contribution in [0.5, 0.6) is 5.88 Å². The molecular formula is C17H15N7O2. The molecule has 0 radical (unpaired) electrons. The van der Waals surface area contributed by atoms with Crippen molar-refractivity contribution in [2.45, 2.75) is 0 Å². The quantitative estimate of drug-likeness (QED) is 0.603. The van der Waals surface area contributed by atoms with E-state index >= 15 is 0 Å². The molecule has 0 bridgehead atoms. The lowest BCUT2D eigenvalue weighted by molar-refractivity contribution is 0.102. The summed E-state index contributed by atoms with van der Waals surface area (Å²) in [5, 5.41) is 19.2. The fourth-order valence-corrected chi connectivity index (χ4v) is 2.61. The number of benzene rings is 1. The van der Waals surface area contributed by atoms with E-state index in [4.69, 9.17) is 4.74 Å². The molecule has 0 saturated heterocycles. The molecule has 4 rings (SSSR count). The lowest BCUT2D eigenvalue weighted by Gasteiger charge is -2.07. The standard InChI is InChI=1S/C17H15N7O2/c1-23-9-13(17(22-23)26-2)16(25)19-12-5-3-4-11(8-12)14-6-7-15-20-18-10-24(15)21-14/h3-10H,1-2H3,(H,19,25). The predicted octanol–water partition coefficient (Wildman–Crippen LogP) is 1.79. The van der Waals surface area contributed by atoms with Gasteiger partial charge in [0.2, 0.25) is 5.88 Å². The number of hydrogen-bond donors (Lipinski definition) is 1. The third-order valence-corrected chi connectivity index (χ3v) is 3.81. The minimum absolute atomic E-state index is 0.279. The summed E-state index contributed by atoms with van der Waals surface area (Å²) >= 11 is 0. The Kier molecular flexibility index (Phi) is 3.81. The number of nitrogens with one attached hydrogen (secondary N) is 1. The Morgan fingerprint density at radius 2 is 2.08 bits per heavy atom. The molecule has 4 aromatic rings. The molecule has 9 heteroatoms. The maximum Gasteiger partial charge on any atom is 0.262 e. The van der Waals surface area contributed by atoms with Crippen LogP contribution in [-0.4, -0.2) is 42.6 Å². The molecule has 0 atom stereocenters. The summed E-state index contributed by atoms with van der Waals surface area (Å²) in [6.45, 7) is 0. The number of fused-ring (bicyclic) bond motifs is 1. The van der Waals surface area contributed by atoms with Crippen LogP contribution in [0.3, 0.4) is 0 Å². The zero-order valence-corrected chi connectivity index (χ0v) is 14.1. The number of rotatable bonds is 4. The van der Waals surface area contributed by atoms with E-state index in [-0.39, 0.29) is 11.8 Å². The number of amides is 1. The van der Waals surface area contributed by atoms with Crippen LogP contribution >= 0.6 is 0 Å². The molecule has 3 aromatic heterocycles. The van der Waals surface area contributed by atoms with Gasteiger partial charge in [-0.3, -0.25) is 9.48 Å². The summed E-state index contributed by atoms with van der Waals surface area (Å²) in [7, 11) is 3.21. The Balaban J connectivity index is 1.62. The van der Waals surface area contributed by atoms with Gasteiger partial charge in [0, 0.05) is 24.5 Å². The number of aromatic nitrogens is 6. The lowest BCUT2D eigenvalue weighted by atomic mass is 10.1. The van der Waals surface area contributed by atoms with Gasteiger partial charge in [0.25, 0.3) is 5.91 Å². The van der Waals surface area contributed by atoms with Gasteiger partial charge in [0.05, 0.1) is 12.8 Å². The molecule has 0 spiro atoms. The third-order valence-electron chi connectivity index (χ3n) is 3.81. The molecule has 3 heterocycles. The first-order valence-corrected chi connectivity index (χ1v) is 7.80. The summed E-state index contributed by atoms with van der Waals surface area (Å²) in [5.41, 5.74) is 3.28. The fraction of sp³-hybridized carbons (Fsp3) is 0.118. The number of carbonyl (C=O) groups is 1. The first-order chi connectivity index (χ1) is 12.6. The lowest BCUT2D eigenvalue weighted by Crippen LogP contribution is -2.12. The van der Waals surface area contributed by atoms with Crippen LogP contribution in [0.4, 0.5) is 5.69 Å². The minimum Gasteiger partial charge on any atom is -0.479 e. The van der Waals surface area contributed by atoms with Gasteiger partial charge in [0.15, 0.2) is 5.65 Å². The third kappa shape index (κ3) is 2.86. The molecule has 0 saturated carbocycles. The van der Waals surface area contributed by atoms with E-state index in [0.717, 1.165) is 11.3 Å². The van der Waals surface area contributed by atoms with Crippen LogP contribution in [0.15, 0.2) is 48.9 Å². The Morgan fingerprint density at radius 1 is 1.19 bits per heavy atom. The topological polar surface area (TPSA) is 99.2 Å². The van der Waals surface area contributed by atoms with Gasteiger partial charge in [-0.25, -0.2) is 0 Å². The molecule has 0 unspecified atom stereocenters. The van der Waals surface area contributed by atoms with Crippen molar-refractivity contribution < 1.29 is 9.53 Å². The molecule has 1 aromatic carbocycles. The molecule has 0 aliphatic rings. The highest BCUT2D eigenvalue weighted by Gasteiger charge is 2.16. The van der Waals surface area contributed by atoms with E-state index in [2.05, 4.69) is 25.7 Å². The monoisotopic (exact) mass is 349 g/mol. The van der Waals surface area contributed by atoms with Crippen LogP contribution in [0, 0.1) is 0 Å². The summed E-state index contributed by atoms with van der Waals surface area (Å²) in [4.78, 5) is 12.5. The summed E-state index contributed by atoms with van der Waals surface area (Å²) in [6.07, 6.45) is 3.15. The van der Waals surface area contributed by atoms with Crippen LogP contribution in [0.25, 0.3) is 16.9 Å². The summed E-state index contributed by atoms with van der Waals surface area (Å²) in [6, 6.07) is 11.1. The first-order valence-electron chi connectivity index (χ1n) is 7.80. The number of anilines is 1. The molecule has 26 heavy (non-hydrogen) atoms. The molecule has 0 aliphatic heterocycles. The van der Waals surface area contributed by atoms with Gasteiger partial charge >= 0.3 is 0 Å².